The summed E-state index contributed by atoms with van der Waals surface area (Å²) in [5.74, 6) is 2.97. The van der Waals surface area contributed by atoms with Gasteiger partial charge in [0.2, 0.25) is 0 Å². The highest BCUT2D eigenvalue weighted by molar-refractivity contribution is 14.0. The normalized spacial score (nSPS) is 17.1. The highest BCUT2D eigenvalue weighted by Crippen LogP contribution is 2.22. The van der Waals surface area contributed by atoms with Gasteiger partial charge in [0.25, 0.3) is 0 Å². The van der Waals surface area contributed by atoms with Crippen molar-refractivity contribution in [1.29, 1.82) is 0 Å². The first-order chi connectivity index (χ1) is 14.4. The van der Waals surface area contributed by atoms with Gasteiger partial charge in [0.05, 0.1) is 13.1 Å². The number of halogens is 1. The van der Waals surface area contributed by atoms with Gasteiger partial charge in [-0.2, -0.15) is 0 Å². The number of likely N-dealkylation sites (N-methyl/N-ethyl adjacent to an activating group) is 1. The van der Waals surface area contributed by atoms with Crippen molar-refractivity contribution in [2.24, 2.45) is 4.99 Å². The number of rotatable bonds is 7. The SMILES string of the molecule is CCNC(=NCc1ccnc(N2CCN(C)CC2)c1)NCC(C)(O)c1ccc(C)o1.I. The molecule has 0 saturated carbocycles. The summed E-state index contributed by atoms with van der Waals surface area (Å²) in [4.78, 5) is 13.9. The van der Waals surface area contributed by atoms with E-state index >= 15 is 0 Å². The minimum atomic E-state index is -1.13. The van der Waals surface area contributed by atoms with Gasteiger partial charge >= 0.3 is 0 Å². The van der Waals surface area contributed by atoms with Crippen LogP contribution in [0.2, 0.25) is 0 Å². The maximum Gasteiger partial charge on any atom is 0.191 e. The van der Waals surface area contributed by atoms with Gasteiger partial charge in [-0.1, -0.05) is 0 Å². The molecule has 8 nitrogen and oxygen atoms in total. The van der Waals surface area contributed by atoms with Gasteiger partial charge in [0.1, 0.15) is 22.9 Å². The highest BCUT2D eigenvalue weighted by Gasteiger charge is 2.27. The zero-order valence-corrected chi connectivity index (χ0v) is 21.2. The van der Waals surface area contributed by atoms with Crippen LogP contribution in [0.5, 0.6) is 0 Å². The van der Waals surface area contributed by atoms with Gasteiger partial charge in [0.15, 0.2) is 5.96 Å². The summed E-state index contributed by atoms with van der Waals surface area (Å²) < 4.78 is 5.58. The molecule has 9 heteroatoms. The molecule has 3 N–H and O–H groups in total. The summed E-state index contributed by atoms with van der Waals surface area (Å²) in [6, 6.07) is 7.76. The van der Waals surface area contributed by atoms with Crippen LogP contribution >= 0.6 is 24.0 Å². The molecule has 0 aliphatic carbocycles. The van der Waals surface area contributed by atoms with Crippen molar-refractivity contribution in [2.75, 3.05) is 51.2 Å². The quantitative estimate of drug-likeness (QED) is 0.281. The molecular formula is C22H35IN6O2. The van der Waals surface area contributed by atoms with Crippen molar-refractivity contribution < 1.29 is 9.52 Å². The highest BCUT2D eigenvalue weighted by atomic mass is 127. The molecule has 1 unspecified atom stereocenters. The molecule has 2 aromatic heterocycles. The standard InChI is InChI=1S/C22H34N6O2.HI/c1-5-23-21(26-16-22(3,29)19-7-6-17(2)30-19)25-15-18-8-9-24-20(14-18)28-12-10-27(4)11-13-28;/h6-9,14,29H,5,10-13,15-16H2,1-4H3,(H2,23,25,26);1H. The number of aliphatic hydroxyl groups is 1. The molecule has 3 heterocycles. The lowest BCUT2D eigenvalue weighted by Gasteiger charge is -2.33. The zero-order valence-electron chi connectivity index (χ0n) is 18.9. The number of guanidine groups is 1. The first kappa shape index (κ1) is 25.4. The van der Waals surface area contributed by atoms with E-state index in [-0.39, 0.29) is 30.5 Å². The Bertz CT molecular complexity index is 846. The van der Waals surface area contributed by atoms with Crippen molar-refractivity contribution in [1.82, 2.24) is 20.5 Å². The third-order valence-corrected chi connectivity index (χ3v) is 5.27. The lowest BCUT2D eigenvalue weighted by Crippen LogP contribution is -2.44. The number of piperazine rings is 1. The molecule has 1 atom stereocenters. The van der Waals surface area contributed by atoms with Crippen molar-refractivity contribution in [3.8, 4) is 0 Å². The predicted molar refractivity (Wildman–Crippen MR) is 135 cm³/mol. The van der Waals surface area contributed by atoms with E-state index < -0.39 is 5.60 Å². The van der Waals surface area contributed by atoms with Crippen molar-refractivity contribution >= 4 is 35.8 Å². The average molecular weight is 542 g/mol. The molecule has 1 aliphatic heterocycles. The van der Waals surface area contributed by atoms with Gasteiger partial charge in [-0.3, -0.25) is 0 Å². The first-order valence-corrected chi connectivity index (χ1v) is 10.6. The fraction of sp³-hybridized carbons (Fsp3) is 0.545. The molecule has 172 valence electrons. The Hall–Kier alpha value is -1.85. The molecule has 0 radical (unpaired) electrons. The molecule has 31 heavy (non-hydrogen) atoms. The van der Waals surface area contributed by atoms with Crippen molar-refractivity contribution in [2.45, 2.75) is 32.9 Å². The molecule has 0 bridgehead atoms. The summed E-state index contributed by atoms with van der Waals surface area (Å²) in [5, 5.41) is 17.2. The number of hydrogen-bond donors (Lipinski definition) is 3. The second kappa shape index (κ2) is 11.7. The number of aryl methyl sites for hydroxylation is 1. The van der Waals surface area contributed by atoms with Crippen LogP contribution in [-0.2, 0) is 12.1 Å². The number of pyridine rings is 1. The van der Waals surface area contributed by atoms with Crippen LogP contribution in [0, 0.1) is 6.92 Å². The predicted octanol–water partition coefficient (Wildman–Crippen LogP) is 2.32. The molecule has 2 aromatic rings. The van der Waals surface area contributed by atoms with Crippen LogP contribution in [0.25, 0.3) is 0 Å². The van der Waals surface area contributed by atoms with Crippen molar-refractivity contribution in [3.05, 3.63) is 47.5 Å². The minimum absolute atomic E-state index is 0. The molecule has 0 spiro atoms. The third kappa shape index (κ3) is 7.36. The number of nitrogens with zero attached hydrogens (tertiary/aromatic N) is 4. The Morgan fingerprint density at radius 3 is 2.61 bits per heavy atom. The van der Waals surface area contributed by atoms with E-state index in [1.54, 1.807) is 13.0 Å². The lowest BCUT2D eigenvalue weighted by atomic mass is 10.0. The minimum Gasteiger partial charge on any atom is -0.463 e. The molecule has 0 aromatic carbocycles. The summed E-state index contributed by atoms with van der Waals surface area (Å²) >= 11 is 0. The number of aromatic nitrogens is 1. The molecular weight excluding hydrogens is 507 g/mol. The largest absolute Gasteiger partial charge is 0.463 e. The van der Waals surface area contributed by atoms with Crippen molar-refractivity contribution in [3.63, 3.8) is 0 Å². The summed E-state index contributed by atoms with van der Waals surface area (Å²) in [5.41, 5.74) is -0.0278. The van der Waals surface area contributed by atoms with Crippen LogP contribution < -0.4 is 15.5 Å². The molecule has 1 aliphatic rings. The van der Waals surface area contributed by atoms with Crippen LogP contribution in [0.3, 0.4) is 0 Å². The first-order valence-electron chi connectivity index (χ1n) is 10.6. The van der Waals surface area contributed by atoms with E-state index in [0.29, 0.717) is 18.3 Å². The Morgan fingerprint density at radius 1 is 1.23 bits per heavy atom. The Balaban J connectivity index is 0.00000341. The summed E-state index contributed by atoms with van der Waals surface area (Å²) in [6.07, 6.45) is 1.85. The van der Waals surface area contributed by atoms with Gasteiger partial charge < -0.3 is 30.0 Å². The second-order valence-corrected chi connectivity index (χ2v) is 8.05. The smallest absolute Gasteiger partial charge is 0.191 e. The maximum absolute atomic E-state index is 10.7. The zero-order chi connectivity index (χ0) is 21.6. The monoisotopic (exact) mass is 542 g/mol. The van der Waals surface area contributed by atoms with Gasteiger partial charge in [-0.25, -0.2) is 9.98 Å². The summed E-state index contributed by atoms with van der Waals surface area (Å²) in [6.45, 7) is 11.2. The van der Waals surface area contributed by atoms with Gasteiger partial charge in [0, 0.05) is 38.9 Å². The molecule has 3 rings (SSSR count). The number of nitrogens with one attached hydrogen (secondary N) is 2. The number of anilines is 1. The molecule has 0 amide bonds. The Labute approximate surface area is 202 Å². The molecule has 1 fully saturated rings. The van der Waals surface area contributed by atoms with E-state index in [1.807, 2.05) is 32.2 Å². The number of furan rings is 1. The fourth-order valence-electron chi connectivity index (χ4n) is 3.35. The fourth-order valence-corrected chi connectivity index (χ4v) is 3.35. The summed E-state index contributed by atoms with van der Waals surface area (Å²) in [7, 11) is 2.15. The second-order valence-electron chi connectivity index (χ2n) is 8.05. The van der Waals surface area contributed by atoms with Crippen LogP contribution in [0.1, 0.15) is 30.9 Å². The average Bonchev–Trinajstić information content (AvgIpc) is 3.18. The lowest BCUT2D eigenvalue weighted by molar-refractivity contribution is 0.0378. The topological polar surface area (TPSA) is 89.2 Å². The van der Waals surface area contributed by atoms with Gasteiger partial charge in [-0.05, 0) is 57.6 Å². The molecule has 1 saturated heterocycles. The Morgan fingerprint density at radius 2 is 1.97 bits per heavy atom. The van der Waals surface area contributed by atoms with E-state index in [2.05, 4.69) is 43.5 Å². The van der Waals surface area contributed by atoms with E-state index in [4.69, 9.17) is 4.42 Å². The van der Waals surface area contributed by atoms with Crippen LogP contribution in [0.4, 0.5) is 5.82 Å². The Kier molecular flexibility index (Phi) is 9.57. The number of aliphatic imine (C=N–C) groups is 1. The van der Waals surface area contributed by atoms with E-state index in [9.17, 15) is 5.11 Å². The maximum atomic E-state index is 10.7. The third-order valence-electron chi connectivity index (χ3n) is 5.27. The number of hydrogen-bond acceptors (Lipinski definition) is 6. The van der Waals surface area contributed by atoms with Crippen LogP contribution in [-0.4, -0.2) is 67.3 Å². The van der Waals surface area contributed by atoms with Crippen LogP contribution in [0.15, 0.2) is 39.9 Å². The van der Waals surface area contributed by atoms with E-state index in [1.165, 1.54) is 0 Å². The van der Waals surface area contributed by atoms with E-state index in [0.717, 1.165) is 49.9 Å². The van der Waals surface area contributed by atoms with Gasteiger partial charge in [-0.15, -0.1) is 24.0 Å².